The molecule has 1 heteroatoms. The minimum absolute atomic E-state index is 0.661. The topological polar surface area (TPSA) is 12.0 Å². The van der Waals surface area contributed by atoms with Gasteiger partial charge in [-0.25, -0.2) is 0 Å². The summed E-state index contributed by atoms with van der Waals surface area (Å²) in [7, 11) is 0. The van der Waals surface area contributed by atoms with Crippen molar-refractivity contribution in [1.82, 2.24) is 5.32 Å². The van der Waals surface area contributed by atoms with Gasteiger partial charge >= 0.3 is 0 Å². The van der Waals surface area contributed by atoms with Crippen molar-refractivity contribution in [3.63, 3.8) is 0 Å². The number of nitrogens with one attached hydrogen (secondary N) is 1. The van der Waals surface area contributed by atoms with Crippen molar-refractivity contribution in [1.29, 1.82) is 0 Å². The smallest absolute Gasteiger partial charge is 0.00388 e. The molecular weight excluding hydrogens is 182 g/mol. The maximum Gasteiger partial charge on any atom is 0.00388 e. The van der Waals surface area contributed by atoms with Crippen molar-refractivity contribution in [3.05, 3.63) is 35.9 Å². The molecule has 15 heavy (non-hydrogen) atoms. The molecule has 1 unspecified atom stereocenters. The molecule has 1 atom stereocenters. The molecule has 0 bridgehead atoms. The molecule has 1 N–H and O–H groups in total. The first kappa shape index (κ1) is 12.3. The highest BCUT2D eigenvalue weighted by molar-refractivity contribution is 5.14. The molecule has 0 fully saturated rings. The van der Waals surface area contributed by atoms with Crippen molar-refractivity contribution < 1.29 is 0 Å². The largest absolute Gasteiger partial charge is 0.314 e. The van der Waals surface area contributed by atoms with Gasteiger partial charge in [0.15, 0.2) is 0 Å². The van der Waals surface area contributed by atoms with Gasteiger partial charge in [0.05, 0.1) is 0 Å². The SMILES string of the molecule is CCCNC(C)CCCc1ccccc1. The van der Waals surface area contributed by atoms with E-state index in [9.17, 15) is 0 Å². The van der Waals surface area contributed by atoms with E-state index in [-0.39, 0.29) is 0 Å². The molecule has 1 nitrogen and oxygen atoms in total. The quantitative estimate of drug-likeness (QED) is 0.719. The Hall–Kier alpha value is -0.820. The van der Waals surface area contributed by atoms with Gasteiger partial charge in [0.25, 0.3) is 0 Å². The average Bonchev–Trinajstić information content (AvgIpc) is 2.28. The number of hydrogen-bond donors (Lipinski definition) is 1. The van der Waals surface area contributed by atoms with Crippen molar-refractivity contribution in [2.45, 2.75) is 45.6 Å². The van der Waals surface area contributed by atoms with Crippen LogP contribution in [-0.4, -0.2) is 12.6 Å². The molecule has 0 aromatic heterocycles. The Morgan fingerprint density at radius 1 is 1.20 bits per heavy atom. The van der Waals surface area contributed by atoms with E-state index in [4.69, 9.17) is 0 Å². The first-order valence-electron chi connectivity index (χ1n) is 6.10. The molecular formula is C14H23N. The Labute approximate surface area is 93.9 Å². The van der Waals surface area contributed by atoms with Crippen LogP contribution in [0.25, 0.3) is 0 Å². The van der Waals surface area contributed by atoms with E-state index in [1.807, 2.05) is 0 Å². The fourth-order valence-corrected chi connectivity index (χ4v) is 1.75. The normalized spacial score (nSPS) is 12.7. The van der Waals surface area contributed by atoms with Crippen molar-refractivity contribution in [3.8, 4) is 0 Å². The second kappa shape index (κ2) is 7.47. The predicted octanol–water partition coefficient (Wildman–Crippen LogP) is 3.40. The number of aryl methyl sites for hydroxylation is 1. The van der Waals surface area contributed by atoms with Crippen LogP contribution in [0.3, 0.4) is 0 Å². The lowest BCUT2D eigenvalue weighted by atomic mass is 10.1. The second-order valence-electron chi connectivity index (χ2n) is 4.23. The zero-order valence-electron chi connectivity index (χ0n) is 10.00. The molecule has 0 spiro atoms. The molecule has 0 saturated carbocycles. The van der Waals surface area contributed by atoms with E-state index in [0.717, 1.165) is 6.54 Å². The summed E-state index contributed by atoms with van der Waals surface area (Å²) in [6, 6.07) is 11.4. The van der Waals surface area contributed by atoms with Gasteiger partial charge in [0.1, 0.15) is 0 Å². The van der Waals surface area contributed by atoms with Crippen LogP contribution in [0.15, 0.2) is 30.3 Å². The highest BCUT2D eigenvalue weighted by Crippen LogP contribution is 2.06. The van der Waals surface area contributed by atoms with Gasteiger partial charge in [-0.2, -0.15) is 0 Å². The van der Waals surface area contributed by atoms with E-state index in [1.54, 1.807) is 0 Å². The van der Waals surface area contributed by atoms with E-state index in [1.165, 1.54) is 31.2 Å². The van der Waals surface area contributed by atoms with Crippen LogP contribution in [-0.2, 0) is 6.42 Å². The molecule has 0 heterocycles. The van der Waals surface area contributed by atoms with E-state index in [0.29, 0.717) is 6.04 Å². The number of rotatable bonds is 7. The van der Waals surface area contributed by atoms with Crippen LogP contribution in [0.2, 0.25) is 0 Å². The van der Waals surface area contributed by atoms with Crippen LogP contribution in [0.1, 0.15) is 38.7 Å². The van der Waals surface area contributed by atoms with E-state index >= 15 is 0 Å². The summed E-state index contributed by atoms with van der Waals surface area (Å²) in [6.07, 6.45) is 4.98. The molecule has 1 aromatic carbocycles. The molecule has 0 aliphatic heterocycles. The van der Waals surface area contributed by atoms with Gasteiger partial charge in [-0.1, -0.05) is 37.3 Å². The third kappa shape index (κ3) is 5.58. The van der Waals surface area contributed by atoms with Crippen LogP contribution >= 0.6 is 0 Å². The molecule has 0 aliphatic carbocycles. The summed E-state index contributed by atoms with van der Waals surface area (Å²) in [6.45, 7) is 5.64. The van der Waals surface area contributed by atoms with E-state index in [2.05, 4.69) is 49.5 Å². The maximum absolute atomic E-state index is 3.52. The van der Waals surface area contributed by atoms with Gasteiger partial charge in [-0.3, -0.25) is 0 Å². The predicted molar refractivity (Wildman–Crippen MR) is 67.1 cm³/mol. The second-order valence-corrected chi connectivity index (χ2v) is 4.23. The fourth-order valence-electron chi connectivity index (χ4n) is 1.75. The van der Waals surface area contributed by atoms with Crippen LogP contribution < -0.4 is 5.32 Å². The minimum atomic E-state index is 0.661. The highest BCUT2D eigenvalue weighted by Gasteiger charge is 1.99. The molecule has 1 aromatic rings. The summed E-state index contributed by atoms with van der Waals surface area (Å²) in [5, 5.41) is 3.52. The highest BCUT2D eigenvalue weighted by atomic mass is 14.9. The lowest BCUT2D eigenvalue weighted by molar-refractivity contribution is 0.498. The summed E-state index contributed by atoms with van der Waals surface area (Å²) in [4.78, 5) is 0. The zero-order valence-corrected chi connectivity index (χ0v) is 10.00. The van der Waals surface area contributed by atoms with Crippen molar-refractivity contribution >= 4 is 0 Å². The third-order valence-electron chi connectivity index (χ3n) is 2.69. The Balaban J connectivity index is 2.11. The molecule has 0 amide bonds. The Morgan fingerprint density at radius 2 is 1.93 bits per heavy atom. The van der Waals surface area contributed by atoms with Crippen LogP contribution in [0.5, 0.6) is 0 Å². The fraction of sp³-hybridized carbons (Fsp3) is 0.571. The summed E-state index contributed by atoms with van der Waals surface area (Å²) < 4.78 is 0. The number of benzene rings is 1. The van der Waals surface area contributed by atoms with Crippen LogP contribution in [0, 0.1) is 0 Å². The lowest BCUT2D eigenvalue weighted by Gasteiger charge is -2.12. The molecule has 0 aliphatic rings. The standard InChI is InChI=1S/C14H23N/c1-3-12-15-13(2)8-7-11-14-9-5-4-6-10-14/h4-6,9-10,13,15H,3,7-8,11-12H2,1-2H3. The molecule has 0 radical (unpaired) electrons. The molecule has 0 saturated heterocycles. The average molecular weight is 205 g/mol. The zero-order chi connectivity index (χ0) is 10.9. The number of hydrogen-bond acceptors (Lipinski definition) is 1. The molecule has 84 valence electrons. The van der Waals surface area contributed by atoms with Crippen molar-refractivity contribution in [2.24, 2.45) is 0 Å². The minimum Gasteiger partial charge on any atom is -0.314 e. The summed E-state index contributed by atoms with van der Waals surface area (Å²) in [5.41, 5.74) is 1.46. The Kier molecular flexibility index (Phi) is 6.10. The first-order chi connectivity index (χ1) is 7.33. The first-order valence-corrected chi connectivity index (χ1v) is 6.10. The van der Waals surface area contributed by atoms with Gasteiger partial charge in [0.2, 0.25) is 0 Å². The lowest BCUT2D eigenvalue weighted by Crippen LogP contribution is -2.26. The van der Waals surface area contributed by atoms with E-state index < -0.39 is 0 Å². The van der Waals surface area contributed by atoms with Gasteiger partial charge in [-0.05, 0) is 44.7 Å². The third-order valence-corrected chi connectivity index (χ3v) is 2.69. The Bertz CT molecular complexity index is 243. The van der Waals surface area contributed by atoms with Crippen molar-refractivity contribution in [2.75, 3.05) is 6.54 Å². The van der Waals surface area contributed by atoms with Gasteiger partial charge < -0.3 is 5.32 Å². The van der Waals surface area contributed by atoms with Crippen LogP contribution in [0.4, 0.5) is 0 Å². The summed E-state index contributed by atoms with van der Waals surface area (Å²) in [5.74, 6) is 0. The maximum atomic E-state index is 3.52. The monoisotopic (exact) mass is 205 g/mol. The summed E-state index contributed by atoms with van der Waals surface area (Å²) >= 11 is 0. The van der Waals surface area contributed by atoms with Gasteiger partial charge in [-0.15, -0.1) is 0 Å². The molecule has 1 rings (SSSR count). The Morgan fingerprint density at radius 3 is 2.60 bits per heavy atom. The van der Waals surface area contributed by atoms with Gasteiger partial charge in [0, 0.05) is 6.04 Å².